The fraction of sp³-hybridized carbons (Fsp3) is 0.607. The van der Waals surface area contributed by atoms with Gasteiger partial charge in [0, 0.05) is 46.1 Å². The predicted octanol–water partition coefficient (Wildman–Crippen LogP) is 1.85. The highest BCUT2D eigenvalue weighted by Crippen LogP contribution is 2.24. The average molecular weight is 545 g/mol. The molecule has 0 radical (unpaired) electrons. The lowest BCUT2D eigenvalue weighted by molar-refractivity contribution is -0.145. The summed E-state index contributed by atoms with van der Waals surface area (Å²) in [5, 5.41) is 5.18. The van der Waals surface area contributed by atoms with Crippen LogP contribution in [0.15, 0.2) is 30.3 Å². The molecule has 0 bridgehead atoms. The second kappa shape index (κ2) is 15.1. The zero-order valence-corrected chi connectivity index (χ0v) is 22.9. The fourth-order valence-corrected chi connectivity index (χ4v) is 5.05. The van der Waals surface area contributed by atoms with Crippen molar-refractivity contribution in [1.82, 2.24) is 20.4 Å². The quantitative estimate of drug-likeness (QED) is 0.429. The molecule has 4 amide bonds. The van der Waals surface area contributed by atoms with Gasteiger partial charge in [-0.15, -0.1) is 0 Å². The SMILES string of the molecule is COC(=O)C(CNC(=O)[C@@H]1CCCN(C(=O)CCC2CCN(C(=O)OCc3ccccc3)CC2)C1)NC(C)=O. The molecule has 11 heteroatoms. The van der Waals surface area contributed by atoms with Crippen molar-refractivity contribution in [2.75, 3.05) is 39.8 Å². The molecule has 2 N–H and O–H groups in total. The van der Waals surface area contributed by atoms with Crippen molar-refractivity contribution in [3.63, 3.8) is 0 Å². The molecule has 0 saturated carbocycles. The second-order valence-electron chi connectivity index (χ2n) is 10.2. The number of esters is 1. The normalized spacial score (nSPS) is 18.6. The molecule has 2 aliphatic heterocycles. The Hall–Kier alpha value is -3.63. The smallest absolute Gasteiger partial charge is 0.410 e. The first kappa shape index (κ1) is 29.9. The van der Waals surface area contributed by atoms with Crippen LogP contribution in [0, 0.1) is 11.8 Å². The molecule has 2 saturated heterocycles. The van der Waals surface area contributed by atoms with E-state index in [1.807, 2.05) is 30.3 Å². The molecule has 2 aliphatic rings. The van der Waals surface area contributed by atoms with Crippen LogP contribution < -0.4 is 10.6 Å². The molecule has 2 atom stereocenters. The van der Waals surface area contributed by atoms with Crippen LogP contribution in [0.4, 0.5) is 4.79 Å². The first-order chi connectivity index (χ1) is 18.8. The van der Waals surface area contributed by atoms with Crippen LogP contribution in [-0.2, 0) is 35.3 Å². The Morgan fingerprint density at radius 3 is 2.38 bits per heavy atom. The number of nitrogens with one attached hydrogen (secondary N) is 2. The van der Waals surface area contributed by atoms with Gasteiger partial charge in [0.05, 0.1) is 13.0 Å². The average Bonchev–Trinajstić information content (AvgIpc) is 2.96. The standard InChI is InChI=1S/C28H40N4O7/c1-20(33)30-24(27(36)38-2)17-29-26(35)23-9-6-14-32(18-23)25(34)11-10-21-12-15-31(16-13-21)28(37)39-19-22-7-4-3-5-8-22/h3-5,7-8,21,23-24H,6,9-19H2,1-2H3,(H,29,35)(H,30,33)/t23-,24?/m1/s1. The first-order valence-electron chi connectivity index (χ1n) is 13.6. The lowest BCUT2D eigenvalue weighted by Gasteiger charge is -2.34. The lowest BCUT2D eigenvalue weighted by atomic mass is 9.91. The molecule has 11 nitrogen and oxygen atoms in total. The van der Waals surface area contributed by atoms with Crippen molar-refractivity contribution in [2.45, 2.75) is 58.1 Å². The molecule has 39 heavy (non-hydrogen) atoms. The van der Waals surface area contributed by atoms with E-state index in [4.69, 9.17) is 4.74 Å². The maximum absolute atomic E-state index is 12.9. The van der Waals surface area contributed by atoms with Gasteiger partial charge >= 0.3 is 12.1 Å². The third-order valence-corrected chi connectivity index (χ3v) is 7.33. The van der Waals surface area contributed by atoms with Gasteiger partial charge in [-0.1, -0.05) is 30.3 Å². The molecule has 1 unspecified atom stereocenters. The van der Waals surface area contributed by atoms with Crippen LogP contribution in [0.1, 0.15) is 51.0 Å². The monoisotopic (exact) mass is 544 g/mol. The van der Waals surface area contributed by atoms with Crippen molar-refractivity contribution in [1.29, 1.82) is 0 Å². The van der Waals surface area contributed by atoms with Crippen molar-refractivity contribution >= 4 is 29.8 Å². The summed E-state index contributed by atoms with van der Waals surface area (Å²) in [6, 6.07) is 8.61. The minimum Gasteiger partial charge on any atom is -0.467 e. The van der Waals surface area contributed by atoms with Gasteiger partial charge in [-0.05, 0) is 43.6 Å². The number of carbonyl (C=O) groups excluding carboxylic acids is 5. The molecule has 0 aliphatic carbocycles. The topological polar surface area (TPSA) is 134 Å². The van der Waals surface area contributed by atoms with Crippen LogP contribution in [-0.4, -0.2) is 85.5 Å². The van der Waals surface area contributed by atoms with Crippen LogP contribution in [0.3, 0.4) is 0 Å². The number of piperidine rings is 2. The molecule has 1 aromatic carbocycles. The van der Waals surface area contributed by atoms with Crippen LogP contribution in [0.5, 0.6) is 0 Å². The van der Waals surface area contributed by atoms with Crippen LogP contribution >= 0.6 is 0 Å². The summed E-state index contributed by atoms with van der Waals surface area (Å²) in [4.78, 5) is 64.7. The Bertz CT molecular complexity index is 995. The number of amides is 4. The van der Waals surface area contributed by atoms with Gasteiger partial charge in [0.2, 0.25) is 17.7 Å². The second-order valence-corrected chi connectivity index (χ2v) is 10.2. The number of likely N-dealkylation sites (tertiary alicyclic amines) is 2. The van der Waals surface area contributed by atoms with E-state index >= 15 is 0 Å². The third-order valence-electron chi connectivity index (χ3n) is 7.33. The summed E-state index contributed by atoms with van der Waals surface area (Å²) in [6.07, 6.45) is 3.88. The van der Waals surface area contributed by atoms with Gasteiger partial charge in [0.1, 0.15) is 12.6 Å². The largest absolute Gasteiger partial charge is 0.467 e. The number of hydrogen-bond donors (Lipinski definition) is 2. The summed E-state index contributed by atoms with van der Waals surface area (Å²) in [7, 11) is 1.22. The molecule has 2 fully saturated rings. The van der Waals surface area contributed by atoms with Gasteiger partial charge < -0.3 is 29.9 Å². The lowest BCUT2D eigenvalue weighted by Crippen LogP contribution is -2.51. The van der Waals surface area contributed by atoms with E-state index in [2.05, 4.69) is 15.4 Å². The maximum atomic E-state index is 12.9. The highest BCUT2D eigenvalue weighted by molar-refractivity contribution is 5.85. The maximum Gasteiger partial charge on any atom is 0.410 e. The van der Waals surface area contributed by atoms with E-state index < -0.39 is 17.9 Å². The zero-order valence-electron chi connectivity index (χ0n) is 22.9. The number of nitrogens with zero attached hydrogens (tertiary/aromatic N) is 2. The Kier molecular flexibility index (Phi) is 11.6. The van der Waals surface area contributed by atoms with Gasteiger partial charge in [-0.2, -0.15) is 0 Å². The van der Waals surface area contributed by atoms with E-state index in [0.29, 0.717) is 44.9 Å². The van der Waals surface area contributed by atoms with Gasteiger partial charge in [-0.3, -0.25) is 14.4 Å². The number of ether oxygens (including phenoxy) is 2. The summed E-state index contributed by atoms with van der Waals surface area (Å²) in [5.41, 5.74) is 0.951. The Morgan fingerprint density at radius 1 is 1.00 bits per heavy atom. The highest BCUT2D eigenvalue weighted by Gasteiger charge is 2.30. The van der Waals surface area contributed by atoms with Crippen molar-refractivity contribution in [2.24, 2.45) is 11.8 Å². The van der Waals surface area contributed by atoms with Crippen molar-refractivity contribution < 1.29 is 33.4 Å². The van der Waals surface area contributed by atoms with Crippen LogP contribution in [0.25, 0.3) is 0 Å². The minimum absolute atomic E-state index is 0.0304. The van der Waals surface area contributed by atoms with E-state index in [9.17, 15) is 24.0 Å². The molecular weight excluding hydrogens is 504 g/mol. The number of rotatable bonds is 10. The van der Waals surface area contributed by atoms with Gasteiger partial charge in [0.25, 0.3) is 0 Å². The minimum atomic E-state index is -0.963. The van der Waals surface area contributed by atoms with E-state index in [1.165, 1.54) is 14.0 Å². The molecule has 0 spiro atoms. The number of carbonyl (C=O) groups is 5. The zero-order chi connectivity index (χ0) is 28.2. The molecule has 1 aromatic rings. The van der Waals surface area contributed by atoms with Gasteiger partial charge in [-0.25, -0.2) is 9.59 Å². The number of hydrogen-bond acceptors (Lipinski definition) is 7. The Balaban J connectivity index is 1.36. The van der Waals surface area contributed by atoms with Crippen molar-refractivity contribution in [3.05, 3.63) is 35.9 Å². The summed E-state index contributed by atoms with van der Waals surface area (Å²) in [5.74, 6) is -1.27. The first-order valence-corrected chi connectivity index (χ1v) is 13.6. The summed E-state index contributed by atoms with van der Waals surface area (Å²) in [6.45, 7) is 3.64. The third kappa shape index (κ3) is 9.56. The highest BCUT2D eigenvalue weighted by atomic mass is 16.6. The van der Waals surface area contributed by atoms with E-state index in [0.717, 1.165) is 31.2 Å². The molecule has 3 rings (SSSR count). The fourth-order valence-electron chi connectivity index (χ4n) is 5.05. The van der Waals surface area contributed by atoms with E-state index in [-0.39, 0.29) is 37.0 Å². The molecular formula is C28H40N4O7. The van der Waals surface area contributed by atoms with Crippen LogP contribution in [0.2, 0.25) is 0 Å². The molecule has 214 valence electrons. The summed E-state index contributed by atoms with van der Waals surface area (Å²) >= 11 is 0. The number of methoxy groups -OCH3 is 1. The van der Waals surface area contributed by atoms with E-state index in [1.54, 1.807) is 9.80 Å². The predicted molar refractivity (Wildman–Crippen MR) is 142 cm³/mol. The summed E-state index contributed by atoms with van der Waals surface area (Å²) < 4.78 is 10.1. The number of benzene rings is 1. The molecule has 0 aromatic heterocycles. The van der Waals surface area contributed by atoms with Crippen molar-refractivity contribution in [3.8, 4) is 0 Å². The Morgan fingerprint density at radius 2 is 1.72 bits per heavy atom. The Labute approximate surface area is 229 Å². The molecule has 2 heterocycles. The van der Waals surface area contributed by atoms with Gasteiger partial charge in [0.15, 0.2) is 0 Å².